The number of hydrogen-bond acceptors (Lipinski definition) is 4. The Morgan fingerprint density at radius 1 is 1.42 bits per heavy atom. The molecule has 0 radical (unpaired) electrons. The molecule has 0 spiro atoms. The second kappa shape index (κ2) is 12.0. The molecule has 1 N–H and O–H groups in total. The van der Waals surface area contributed by atoms with Crippen molar-refractivity contribution in [3.8, 4) is 0 Å². The lowest BCUT2D eigenvalue weighted by atomic mass is 10.4. The predicted molar refractivity (Wildman–Crippen MR) is 81.6 cm³/mol. The Hall–Kier alpha value is -1.07. The number of amides is 1. The first-order valence-corrected chi connectivity index (χ1v) is 7.62. The fraction of sp³-hybridized carbons (Fsp3) is 0.643. The first-order valence-electron chi connectivity index (χ1n) is 6.74. The van der Waals surface area contributed by atoms with Crippen LogP contribution in [-0.4, -0.2) is 37.7 Å². The van der Waals surface area contributed by atoms with Crippen LogP contribution in [-0.2, 0) is 11.3 Å². The Kier molecular flexibility index (Phi) is 11.3. The third kappa shape index (κ3) is 9.50. The Balaban J connectivity index is 0.000000982. The molecule has 0 aliphatic heterocycles. The van der Waals surface area contributed by atoms with Crippen molar-refractivity contribution in [2.75, 3.05) is 26.7 Å². The standard InChI is InChI=1S/C11H18N2O2S.C3H8/c1-3-13(7-6-12-11(14)15-2)9-10-5-4-8-16-10;1-3-2/h4-5,8H,3,6-7,9H2,1-2H3,(H,12,14);3H2,1-2H3. The zero-order chi connectivity index (χ0) is 14.5. The lowest BCUT2D eigenvalue weighted by Gasteiger charge is -2.19. The number of likely N-dealkylation sites (N-methyl/N-ethyl adjacent to an activating group) is 1. The summed E-state index contributed by atoms with van der Waals surface area (Å²) in [4.78, 5) is 14.5. The van der Waals surface area contributed by atoms with E-state index in [1.807, 2.05) is 0 Å². The van der Waals surface area contributed by atoms with E-state index in [0.29, 0.717) is 6.54 Å². The van der Waals surface area contributed by atoms with Gasteiger partial charge in [0.1, 0.15) is 0 Å². The van der Waals surface area contributed by atoms with Gasteiger partial charge in [-0.2, -0.15) is 0 Å². The predicted octanol–water partition coefficient (Wildman–Crippen LogP) is 3.34. The molecule has 1 aromatic rings. The van der Waals surface area contributed by atoms with Gasteiger partial charge in [0.05, 0.1) is 7.11 Å². The smallest absolute Gasteiger partial charge is 0.406 e. The summed E-state index contributed by atoms with van der Waals surface area (Å²) in [7, 11) is 1.37. The van der Waals surface area contributed by atoms with Gasteiger partial charge in [-0.05, 0) is 18.0 Å². The van der Waals surface area contributed by atoms with E-state index in [9.17, 15) is 4.79 Å². The molecule has 0 aliphatic rings. The number of carbonyl (C=O) groups excluding carboxylic acids is 1. The second-order valence-corrected chi connectivity index (χ2v) is 5.11. The number of nitrogens with zero attached hydrogens (tertiary/aromatic N) is 1. The van der Waals surface area contributed by atoms with E-state index in [1.165, 1.54) is 18.4 Å². The van der Waals surface area contributed by atoms with Crippen LogP contribution in [0, 0.1) is 0 Å². The van der Waals surface area contributed by atoms with E-state index in [0.717, 1.165) is 19.6 Å². The second-order valence-electron chi connectivity index (χ2n) is 4.07. The van der Waals surface area contributed by atoms with Gasteiger partial charge in [-0.15, -0.1) is 11.3 Å². The highest BCUT2D eigenvalue weighted by molar-refractivity contribution is 7.09. The van der Waals surface area contributed by atoms with Gasteiger partial charge in [0.25, 0.3) is 0 Å². The van der Waals surface area contributed by atoms with Crippen molar-refractivity contribution in [1.29, 1.82) is 0 Å². The monoisotopic (exact) mass is 286 g/mol. The number of nitrogens with one attached hydrogen (secondary N) is 1. The largest absolute Gasteiger partial charge is 0.453 e. The van der Waals surface area contributed by atoms with Gasteiger partial charge in [0, 0.05) is 24.5 Å². The summed E-state index contributed by atoms with van der Waals surface area (Å²) < 4.78 is 4.51. The van der Waals surface area contributed by atoms with Crippen LogP contribution >= 0.6 is 11.3 Å². The number of alkyl carbamates (subject to hydrolysis) is 1. The molecular formula is C14H26N2O2S. The van der Waals surface area contributed by atoms with Gasteiger partial charge in [-0.3, -0.25) is 4.90 Å². The maximum absolute atomic E-state index is 10.8. The summed E-state index contributed by atoms with van der Waals surface area (Å²) >= 11 is 1.76. The summed E-state index contributed by atoms with van der Waals surface area (Å²) in [5.41, 5.74) is 0. The van der Waals surface area contributed by atoms with Crippen molar-refractivity contribution in [2.45, 2.75) is 33.7 Å². The summed E-state index contributed by atoms with van der Waals surface area (Å²) in [6.07, 6.45) is 0.882. The number of methoxy groups -OCH3 is 1. The molecule has 1 rings (SSSR count). The molecule has 0 fully saturated rings. The fourth-order valence-electron chi connectivity index (χ4n) is 1.36. The van der Waals surface area contributed by atoms with Gasteiger partial charge >= 0.3 is 6.09 Å². The molecule has 0 aromatic carbocycles. The topological polar surface area (TPSA) is 41.6 Å². The quantitative estimate of drug-likeness (QED) is 0.872. The molecule has 0 aliphatic carbocycles. The van der Waals surface area contributed by atoms with Crippen molar-refractivity contribution in [3.63, 3.8) is 0 Å². The fourth-order valence-corrected chi connectivity index (χ4v) is 2.11. The minimum atomic E-state index is -0.368. The Labute approximate surface area is 120 Å². The maximum atomic E-state index is 10.8. The maximum Gasteiger partial charge on any atom is 0.406 e. The molecule has 4 nitrogen and oxygen atoms in total. The van der Waals surface area contributed by atoms with Crippen LogP contribution in [0.25, 0.3) is 0 Å². The molecule has 1 heterocycles. The van der Waals surface area contributed by atoms with E-state index in [-0.39, 0.29) is 6.09 Å². The van der Waals surface area contributed by atoms with E-state index in [2.05, 4.69) is 53.2 Å². The van der Waals surface area contributed by atoms with Gasteiger partial charge in [0.2, 0.25) is 0 Å². The average molecular weight is 286 g/mol. The van der Waals surface area contributed by atoms with E-state index < -0.39 is 0 Å². The minimum Gasteiger partial charge on any atom is -0.453 e. The Morgan fingerprint density at radius 2 is 2.11 bits per heavy atom. The first kappa shape index (κ1) is 17.9. The highest BCUT2D eigenvalue weighted by Gasteiger charge is 2.05. The van der Waals surface area contributed by atoms with Crippen LogP contribution in [0.2, 0.25) is 0 Å². The number of thiophene rings is 1. The Morgan fingerprint density at radius 3 is 2.58 bits per heavy atom. The summed E-state index contributed by atoms with van der Waals surface area (Å²) in [5, 5.41) is 4.76. The molecule has 0 saturated heterocycles. The van der Waals surface area contributed by atoms with Crippen molar-refractivity contribution in [3.05, 3.63) is 22.4 Å². The molecule has 0 bridgehead atoms. The van der Waals surface area contributed by atoms with E-state index >= 15 is 0 Å². The number of hydrogen-bond donors (Lipinski definition) is 1. The van der Waals surface area contributed by atoms with Crippen molar-refractivity contribution in [2.24, 2.45) is 0 Å². The molecular weight excluding hydrogens is 260 g/mol. The highest BCUT2D eigenvalue weighted by atomic mass is 32.1. The lowest BCUT2D eigenvalue weighted by Crippen LogP contribution is -2.34. The molecule has 110 valence electrons. The zero-order valence-electron chi connectivity index (χ0n) is 12.4. The number of ether oxygens (including phenoxy) is 1. The van der Waals surface area contributed by atoms with Crippen molar-refractivity contribution in [1.82, 2.24) is 10.2 Å². The molecule has 5 heteroatoms. The van der Waals surface area contributed by atoms with Crippen LogP contribution < -0.4 is 5.32 Å². The normalized spacial score (nSPS) is 9.74. The van der Waals surface area contributed by atoms with Crippen LogP contribution in [0.3, 0.4) is 0 Å². The summed E-state index contributed by atoms with van der Waals surface area (Å²) in [5.74, 6) is 0. The van der Waals surface area contributed by atoms with Crippen molar-refractivity contribution < 1.29 is 9.53 Å². The number of rotatable bonds is 6. The van der Waals surface area contributed by atoms with Crippen LogP contribution in [0.15, 0.2) is 17.5 Å². The van der Waals surface area contributed by atoms with Crippen LogP contribution in [0.4, 0.5) is 4.79 Å². The van der Waals surface area contributed by atoms with Gasteiger partial charge in [-0.1, -0.05) is 33.3 Å². The highest BCUT2D eigenvalue weighted by Crippen LogP contribution is 2.11. The minimum absolute atomic E-state index is 0.368. The summed E-state index contributed by atoms with van der Waals surface area (Å²) in [6, 6.07) is 4.18. The number of carbonyl (C=O) groups is 1. The molecule has 0 atom stereocenters. The first-order chi connectivity index (χ1) is 9.17. The third-order valence-electron chi connectivity index (χ3n) is 2.29. The average Bonchev–Trinajstić information content (AvgIpc) is 2.91. The van der Waals surface area contributed by atoms with Gasteiger partial charge < -0.3 is 10.1 Å². The zero-order valence-corrected chi connectivity index (χ0v) is 13.3. The van der Waals surface area contributed by atoms with E-state index in [1.54, 1.807) is 11.3 Å². The molecule has 0 unspecified atom stereocenters. The third-order valence-corrected chi connectivity index (χ3v) is 3.15. The SMILES string of the molecule is CCC.CCN(CCNC(=O)OC)Cc1cccs1. The van der Waals surface area contributed by atoms with Crippen molar-refractivity contribution >= 4 is 17.4 Å². The molecule has 1 amide bonds. The van der Waals surface area contributed by atoms with Gasteiger partial charge in [-0.25, -0.2) is 4.79 Å². The molecule has 0 saturated carbocycles. The van der Waals surface area contributed by atoms with Crippen LogP contribution in [0.1, 0.15) is 32.1 Å². The Bertz CT molecular complexity index is 315. The van der Waals surface area contributed by atoms with Crippen LogP contribution in [0.5, 0.6) is 0 Å². The van der Waals surface area contributed by atoms with E-state index in [4.69, 9.17) is 0 Å². The van der Waals surface area contributed by atoms with Gasteiger partial charge in [0.15, 0.2) is 0 Å². The molecule has 19 heavy (non-hydrogen) atoms. The molecule has 1 aromatic heterocycles. The summed E-state index contributed by atoms with van der Waals surface area (Å²) in [6.45, 7) is 9.74. The lowest BCUT2D eigenvalue weighted by molar-refractivity contribution is 0.168.